The topological polar surface area (TPSA) is 37.3 Å². The van der Waals surface area contributed by atoms with Gasteiger partial charge < -0.3 is 5.11 Å². The second kappa shape index (κ2) is 2.80. The lowest BCUT2D eigenvalue weighted by Gasteiger charge is -2.28. The lowest BCUT2D eigenvalue weighted by Crippen LogP contribution is -2.29. The molecular weight excluding hydrogens is 147 g/mol. The number of carboxylic acid groups (broad SMARTS) is 1. The fourth-order valence-corrected chi connectivity index (χ4v) is 1.47. The number of hydrogen-bond donors (Lipinski definition) is 1. The van der Waals surface area contributed by atoms with Crippen molar-refractivity contribution in [2.45, 2.75) is 38.3 Å². The second-order valence-corrected chi connectivity index (χ2v) is 3.53. The van der Waals surface area contributed by atoms with Gasteiger partial charge >= 0.3 is 5.97 Å². The van der Waals surface area contributed by atoms with E-state index in [0.29, 0.717) is 25.7 Å². The first-order valence-corrected chi connectivity index (χ1v) is 3.93. The maximum absolute atomic E-state index is 13.1. The Kier molecular flexibility index (Phi) is 2.16. The summed E-state index contributed by atoms with van der Waals surface area (Å²) in [7, 11) is 0. The minimum absolute atomic E-state index is 0.307. The van der Waals surface area contributed by atoms with E-state index in [9.17, 15) is 9.18 Å². The zero-order chi connectivity index (χ0) is 8.48. The molecule has 0 bridgehead atoms. The Morgan fingerprint density at radius 1 is 1.55 bits per heavy atom. The van der Waals surface area contributed by atoms with E-state index in [-0.39, 0.29) is 5.92 Å². The van der Waals surface area contributed by atoms with Crippen molar-refractivity contribution in [1.82, 2.24) is 0 Å². The van der Waals surface area contributed by atoms with Crippen molar-refractivity contribution in [2.24, 2.45) is 5.92 Å². The molecule has 0 aromatic rings. The molecule has 0 aromatic heterocycles. The second-order valence-electron chi connectivity index (χ2n) is 3.53. The van der Waals surface area contributed by atoms with Gasteiger partial charge in [-0.1, -0.05) is 0 Å². The van der Waals surface area contributed by atoms with E-state index in [1.807, 2.05) is 0 Å². The van der Waals surface area contributed by atoms with Crippen LogP contribution in [0.4, 0.5) is 4.39 Å². The summed E-state index contributed by atoms with van der Waals surface area (Å²) in [4.78, 5) is 10.4. The number of rotatable bonds is 1. The molecule has 0 aromatic carbocycles. The van der Waals surface area contributed by atoms with E-state index < -0.39 is 11.6 Å². The Hall–Kier alpha value is -0.600. The molecule has 3 heteroatoms. The van der Waals surface area contributed by atoms with Crippen LogP contribution in [-0.4, -0.2) is 16.7 Å². The molecule has 1 aliphatic carbocycles. The molecule has 0 unspecified atom stereocenters. The van der Waals surface area contributed by atoms with Crippen molar-refractivity contribution in [2.75, 3.05) is 0 Å². The van der Waals surface area contributed by atoms with E-state index in [1.54, 1.807) is 6.92 Å². The fraction of sp³-hybridized carbons (Fsp3) is 0.875. The molecule has 1 saturated carbocycles. The molecule has 0 heterocycles. The fourth-order valence-electron chi connectivity index (χ4n) is 1.47. The summed E-state index contributed by atoms with van der Waals surface area (Å²) in [6.07, 6.45) is 1.76. The van der Waals surface area contributed by atoms with Crippen molar-refractivity contribution in [3.05, 3.63) is 0 Å². The molecule has 11 heavy (non-hydrogen) atoms. The van der Waals surface area contributed by atoms with E-state index in [4.69, 9.17) is 5.11 Å². The van der Waals surface area contributed by atoms with Crippen LogP contribution in [0, 0.1) is 5.92 Å². The summed E-state index contributed by atoms with van der Waals surface area (Å²) in [5.74, 6) is -1.08. The molecule has 1 aliphatic rings. The summed E-state index contributed by atoms with van der Waals surface area (Å²) in [6, 6.07) is 0. The van der Waals surface area contributed by atoms with Crippen LogP contribution < -0.4 is 0 Å². The quantitative estimate of drug-likeness (QED) is 0.636. The summed E-state index contributed by atoms with van der Waals surface area (Å²) in [5.41, 5.74) is -1.12. The van der Waals surface area contributed by atoms with Gasteiger partial charge in [0, 0.05) is 0 Å². The van der Waals surface area contributed by atoms with Crippen LogP contribution in [0.5, 0.6) is 0 Å². The van der Waals surface area contributed by atoms with Crippen LogP contribution in [0.25, 0.3) is 0 Å². The van der Waals surface area contributed by atoms with Crippen molar-refractivity contribution in [3.8, 4) is 0 Å². The molecule has 0 aliphatic heterocycles. The van der Waals surface area contributed by atoms with Crippen LogP contribution >= 0.6 is 0 Å². The normalized spacial score (nSPS) is 38.5. The van der Waals surface area contributed by atoms with Gasteiger partial charge in [-0.15, -0.1) is 0 Å². The first-order valence-electron chi connectivity index (χ1n) is 3.93. The number of aliphatic carboxylic acids is 1. The van der Waals surface area contributed by atoms with Crippen molar-refractivity contribution in [1.29, 1.82) is 0 Å². The molecule has 1 rings (SSSR count). The highest BCUT2D eigenvalue weighted by Crippen LogP contribution is 2.34. The maximum atomic E-state index is 13.1. The first kappa shape index (κ1) is 8.50. The van der Waals surface area contributed by atoms with Gasteiger partial charge in [-0.25, -0.2) is 4.39 Å². The van der Waals surface area contributed by atoms with Crippen molar-refractivity contribution in [3.63, 3.8) is 0 Å². The number of carbonyl (C=O) groups is 1. The zero-order valence-electron chi connectivity index (χ0n) is 6.64. The van der Waals surface area contributed by atoms with Gasteiger partial charge in [-0.3, -0.25) is 4.79 Å². The molecule has 0 radical (unpaired) electrons. The predicted molar refractivity (Wildman–Crippen MR) is 39.1 cm³/mol. The Morgan fingerprint density at radius 2 is 2.00 bits per heavy atom. The third-order valence-electron chi connectivity index (χ3n) is 2.38. The van der Waals surface area contributed by atoms with Crippen LogP contribution in [0.1, 0.15) is 32.6 Å². The Balaban J connectivity index is 2.42. The molecular formula is C8H13FO2. The lowest BCUT2D eigenvalue weighted by atomic mass is 9.81. The van der Waals surface area contributed by atoms with Crippen LogP contribution in [-0.2, 0) is 4.79 Å². The van der Waals surface area contributed by atoms with Crippen LogP contribution in [0.2, 0.25) is 0 Å². The Labute approximate surface area is 65.4 Å². The minimum atomic E-state index is -1.12. The average Bonchev–Trinajstić information content (AvgIpc) is 1.86. The largest absolute Gasteiger partial charge is 0.481 e. The standard InChI is InChI=1S/C8H13FO2/c1-8(9)4-2-6(3-5-8)7(10)11/h6H,2-5H2,1H3,(H,10,11)/t6-,8-. The summed E-state index contributed by atoms with van der Waals surface area (Å²) < 4.78 is 13.1. The third-order valence-corrected chi connectivity index (χ3v) is 2.38. The van der Waals surface area contributed by atoms with E-state index >= 15 is 0 Å². The van der Waals surface area contributed by atoms with Gasteiger partial charge in [-0.2, -0.15) is 0 Å². The molecule has 0 spiro atoms. The maximum Gasteiger partial charge on any atom is 0.306 e. The molecule has 1 N–H and O–H groups in total. The van der Waals surface area contributed by atoms with E-state index in [1.165, 1.54) is 0 Å². The Morgan fingerprint density at radius 3 is 2.36 bits per heavy atom. The molecule has 1 fully saturated rings. The Bertz CT molecular complexity index is 155. The van der Waals surface area contributed by atoms with Crippen molar-refractivity contribution < 1.29 is 14.3 Å². The van der Waals surface area contributed by atoms with Gasteiger partial charge in [0.1, 0.15) is 5.67 Å². The number of carboxylic acids is 1. The number of halogens is 1. The van der Waals surface area contributed by atoms with Crippen molar-refractivity contribution >= 4 is 5.97 Å². The first-order chi connectivity index (χ1) is 5.01. The average molecular weight is 160 g/mol. The molecule has 0 saturated heterocycles. The molecule has 64 valence electrons. The van der Waals surface area contributed by atoms with Gasteiger partial charge in [0.25, 0.3) is 0 Å². The van der Waals surface area contributed by atoms with E-state index in [2.05, 4.69) is 0 Å². The molecule has 2 nitrogen and oxygen atoms in total. The smallest absolute Gasteiger partial charge is 0.306 e. The lowest BCUT2D eigenvalue weighted by molar-refractivity contribution is -0.143. The predicted octanol–water partition coefficient (Wildman–Crippen LogP) is 1.99. The van der Waals surface area contributed by atoms with Crippen LogP contribution in [0.15, 0.2) is 0 Å². The van der Waals surface area contributed by atoms with Gasteiger partial charge in [0.05, 0.1) is 5.92 Å². The molecule has 0 atom stereocenters. The summed E-state index contributed by atoms with van der Waals surface area (Å²) >= 11 is 0. The summed E-state index contributed by atoms with van der Waals surface area (Å²) in [5, 5.41) is 8.59. The van der Waals surface area contributed by atoms with Crippen LogP contribution in [0.3, 0.4) is 0 Å². The van der Waals surface area contributed by atoms with Gasteiger partial charge in [0.15, 0.2) is 0 Å². The third kappa shape index (κ3) is 2.17. The highest BCUT2D eigenvalue weighted by molar-refractivity contribution is 5.70. The monoisotopic (exact) mass is 160 g/mol. The minimum Gasteiger partial charge on any atom is -0.481 e. The molecule has 0 amide bonds. The van der Waals surface area contributed by atoms with E-state index in [0.717, 1.165) is 0 Å². The highest BCUT2D eigenvalue weighted by Gasteiger charge is 2.33. The number of alkyl halides is 1. The SMILES string of the molecule is C[C@]1(F)CC[C@H](C(=O)O)CC1. The number of hydrogen-bond acceptors (Lipinski definition) is 1. The summed E-state index contributed by atoms with van der Waals surface area (Å²) in [6.45, 7) is 1.55. The van der Waals surface area contributed by atoms with Gasteiger partial charge in [0.2, 0.25) is 0 Å². The van der Waals surface area contributed by atoms with Gasteiger partial charge in [-0.05, 0) is 32.6 Å². The highest BCUT2D eigenvalue weighted by atomic mass is 19.1. The zero-order valence-corrected chi connectivity index (χ0v) is 6.64.